The summed E-state index contributed by atoms with van der Waals surface area (Å²) in [5, 5.41) is 3.97. The van der Waals surface area contributed by atoms with Gasteiger partial charge in [-0.05, 0) is 93.1 Å². The number of rotatable bonds is 6. The van der Waals surface area contributed by atoms with Crippen molar-refractivity contribution >= 4 is 0 Å². The highest BCUT2D eigenvalue weighted by atomic mass is 16.5. The standard InChI is InChI=1S/C27H40N2O2/c1-30-23-10-9-21-13-25-26-27(24(21)14-23,11-12-29(25)17-20-7-8-20)15-22(18-31-26)28-16-19-5-3-2-4-6-19/h9-10,14,19-20,22,25-26,28H,2-8,11-13,15-18H2,1H3/t22?,25-,26?,27-/m0/s1. The fourth-order valence-electron chi connectivity index (χ4n) is 7.32. The molecule has 2 heterocycles. The summed E-state index contributed by atoms with van der Waals surface area (Å²) in [4.78, 5) is 2.80. The Balaban J connectivity index is 1.26. The van der Waals surface area contributed by atoms with E-state index in [2.05, 4.69) is 28.4 Å². The van der Waals surface area contributed by atoms with Crippen LogP contribution in [0, 0.1) is 11.8 Å². The first-order chi connectivity index (χ1) is 15.2. The number of nitrogens with zero attached hydrogens (tertiary/aromatic N) is 1. The summed E-state index contributed by atoms with van der Waals surface area (Å²) < 4.78 is 12.5. The van der Waals surface area contributed by atoms with E-state index in [1.54, 1.807) is 12.7 Å². The molecule has 3 aliphatic carbocycles. The third kappa shape index (κ3) is 3.83. The number of hydrogen-bond acceptors (Lipinski definition) is 4. The summed E-state index contributed by atoms with van der Waals surface area (Å²) in [5.41, 5.74) is 3.22. The Morgan fingerprint density at radius 1 is 1.13 bits per heavy atom. The second-order valence-corrected chi connectivity index (χ2v) is 11.2. The average Bonchev–Trinajstić information content (AvgIpc) is 3.64. The maximum absolute atomic E-state index is 6.81. The van der Waals surface area contributed by atoms with Gasteiger partial charge in [0.25, 0.3) is 0 Å². The minimum absolute atomic E-state index is 0.148. The van der Waals surface area contributed by atoms with Crippen LogP contribution in [0.15, 0.2) is 18.2 Å². The van der Waals surface area contributed by atoms with Crippen molar-refractivity contribution in [2.45, 2.75) is 87.8 Å². The monoisotopic (exact) mass is 424 g/mol. The van der Waals surface area contributed by atoms with Gasteiger partial charge in [0.05, 0.1) is 19.8 Å². The Hall–Kier alpha value is -1.10. The second-order valence-electron chi connectivity index (χ2n) is 11.2. The summed E-state index contributed by atoms with van der Waals surface area (Å²) in [6.45, 7) is 4.58. The smallest absolute Gasteiger partial charge is 0.119 e. The molecule has 2 saturated carbocycles. The molecular formula is C27H40N2O2. The Bertz CT molecular complexity index is 787. The predicted octanol–water partition coefficient (Wildman–Crippen LogP) is 4.30. The summed E-state index contributed by atoms with van der Waals surface area (Å²) >= 11 is 0. The van der Waals surface area contributed by atoms with E-state index in [1.165, 1.54) is 83.0 Å². The van der Waals surface area contributed by atoms with Crippen LogP contribution in [0.1, 0.15) is 68.9 Å². The van der Waals surface area contributed by atoms with Crippen LogP contribution in [0.4, 0.5) is 0 Å². The van der Waals surface area contributed by atoms with Crippen LogP contribution in [-0.4, -0.2) is 56.4 Å². The zero-order valence-corrected chi connectivity index (χ0v) is 19.3. The first-order valence-electron chi connectivity index (χ1n) is 13.0. The lowest BCUT2D eigenvalue weighted by molar-refractivity contribution is -0.138. The molecule has 1 aromatic rings. The molecule has 31 heavy (non-hydrogen) atoms. The predicted molar refractivity (Wildman–Crippen MR) is 124 cm³/mol. The molecular weight excluding hydrogens is 384 g/mol. The number of fused-ring (bicyclic) bond motifs is 1. The maximum atomic E-state index is 6.81. The van der Waals surface area contributed by atoms with Crippen molar-refractivity contribution in [3.05, 3.63) is 29.3 Å². The van der Waals surface area contributed by atoms with Gasteiger partial charge >= 0.3 is 0 Å². The molecule has 0 spiro atoms. The number of piperidine rings is 1. The van der Waals surface area contributed by atoms with Crippen LogP contribution >= 0.6 is 0 Å². The van der Waals surface area contributed by atoms with Gasteiger partial charge in [-0.25, -0.2) is 0 Å². The molecule has 6 rings (SSSR count). The highest BCUT2D eigenvalue weighted by Crippen LogP contribution is 2.52. The maximum Gasteiger partial charge on any atom is 0.119 e. The molecule has 4 heteroatoms. The van der Waals surface area contributed by atoms with Crippen LogP contribution in [0.2, 0.25) is 0 Å². The molecule has 5 aliphatic rings. The Morgan fingerprint density at radius 3 is 2.81 bits per heavy atom. The van der Waals surface area contributed by atoms with Crippen molar-refractivity contribution in [1.82, 2.24) is 10.2 Å². The van der Waals surface area contributed by atoms with Crippen LogP contribution in [0.3, 0.4) is 0 Å². The van der Waals surface area contributed by atoms with Crippen molar-refractivity contribution in [3.63, 3.8) is 0 Å². The average molecular weight is 425 g/mol. The van der Waals surface area contributed by atoms with E-state index in [-0.39, 0.29) is 5.41 Å². The van der Waals surface area contributed by atoms with Crippen molar-refractivity contribution in [2.24, 2.45) is 11.8 Å². The van der Waals surface area contributed by atoms with E-state index in [4.69, 9.17) is 9.47 Å². The molecule has 4 atom stereocenters. The van der Waals surface area contributed by atoms with Gasteiger partial charge in [-0.3, -0.25) is 4.90 Å². The van der Waals surface area contributed by atoms with E-state index >= 15 is 0 Å². The van der Waals surface area contributed by atoms with Gasteiger partial charge in [0, 0.05) is 24.0 Å². The molecule has 1 N–H and O–H groups in total. The second kappa shape index (κ2) is 8.35. The number of likely N-dealkylation sites (tertiary alicyclic amines) is 1. The number of methoxy groups -OCH3 is 1. The van der Waals surface area contributed by atoms with Crippen LogP contribution < -0.4 is 10.1 Å². The van der Waals surface area contributed by atoms with Crippen molar-refractivity contribution in [2.75, 3.05) is 33.4 Å². The number of hydrogen-bond donors (Lipinski definition) is 1. The molecule has 2 unspecified atom stereocenters. The first kappa shape index (κ1) is 20.5. The number of nitrogens with one attached hydrogen (secondary N) is 1. The minimum atomic E-state index is 0.148. The molecule has 4 nitrogen and oxygen atoms in total. The Kier molecular flexibility index (Phi) is 5.52. The summed E-state index contributed by atoms with van der Waals surface area (Å²) in [6.07, 6.45) is 13.9. The normalized spacial score (nSPS) is 36.0. The number of benzene rings is 1. The van der Waals surface area contributed by atoms with Gasteiger partial charge in [0.1, 0.15) is 5.75 Å². The van der Waals surface area contributed by atoms with E-state index in [0.717, 1.165) is 30.6 Å². The first-order valence-corrected chi connectivity index (χ1v) is 13.0. The van der Waals surface area contributed by atoms with Gasteiger partial charge in [0.15, 0.2) is 0 Å². The number of ether oxygens (including phenoxy) is 2. The Morgan fingerprint density at radius 2 is 2.00 bits per heavy atom. The molecule has 4 fully saturated rings. The quantitative estimate of drug-likeness (QED) is 0.738. The Labute approximate surface area is 188 Å². The highest BCUT2D eigenvalue weighted by Gasteiger charge is 2.57. The highest BCUT2D eigenvalue weighted by molar-refractivity contribution is 5.46. The molecule has 0 radical (unpaired) electrons. The van der Waals surface area contributed by atoms with E-state index in [9.17, 15) is 0 Å². The molecule has 0 aromatic heterocycles. The lowest BCUT2D eigenvalue weighted by Crippen LogP contribution is -2.68. The molecule has 0 amide bonds. The van der Waals surface area contributed by atoms with Crippen LogP contribution in [0.25, 0.3) is 0 Å². The van der Waals surface area contributed by atoms with Crippen LogP contribution in [0.5, 0.6) is 5.75 Å². The SMILES string of the molecule is COc1ccc2c(c1)[C@@]13CCN(CC4CC4)[C@@H](C2)C1OCC(NCC1CCCCC1)C3. The lowest BCUT2D eigenvalue weighted by atomic mass is 9.58. The molecule has 1 aromatic carbocycles. The minimum Gasteiger partial charge on any atom is -0.497 e. The van der Waals surface area contributed by atoms with E-state index < -0.39 is 0 Å². The van der Waals surface area contributed by atoms with Crippen molar-refractivity contribution in [3.8, 4) is 5.75 Å². The molecule has 170 valence electrons. The molecule has 2 aliphatic heterocycles. The molecule has 2 bridgehead atoms. The topological polar surface area (TPSA) is 33.7 Å². The van der Waals surface area contributed by atoms with Gasteiger partial charge in [-0.2, -0.15) is 0 Å². The fourth-order valence-corrected chi connectivity index (χ4v) is 7.32. The van der Waals surface area contributed by atoms with Gasteiger partial charge in [-0.15, -0.1) is 0 Å². The van der Waals surface area contributed by atoms with Crippen molar-refractivity contribution < 1.29 is 9.47 Å². The van der Waals surface area contributed by atoms with E-state index in [1.807, 2.05) is 0 Å². The largest absolute Gasteiger partial charge is 0.497 e. The third-order valence-corrected chi connectivity index (χ3v) is 9.19. The van der Waals surface area contributed by atoms with E-state index in [0.29, 0.717) is 18.2 Å². The zero-order chi connectivity index (χ0) is 20.8. The third-order valence-electron chi connectivity index (χ3n) is 9.19. The van der Waals surface area contributed by atoms with Crippen molar-refractivity contribution in [1.29, 1.82) is 0 Å². The van der Waals surface area contributed by atoms with Gasteiger partial charge in [-0.1, -0.05) is 25.3 Å². The summed E-state index contributed by atoms with van der Waals surface area (Å²) in [7, 11) is 1.80. The lowest BCUT2D eigenvalue weighted by Gasteiger charge is -2.59. The van der Waals surface area contributed by atoms with Crippen LogP contribution in [-0.2, 0) is 16.6 Å². The summed E-state index contributed by atoms with van der Waals surface area (Å²) in [6, 6.07) is 7.89. The van der Waals surface area contributed by atoms with Gasteiger partial charge in [0.2, 0.25) is 0 Å². The van der Waals surface area contributed by atoms with Gasteiger partial charge < -0.3 is 14.8 Å². The summed E-state index contributed by atoms with van der Waals surface area (Å²) in [5.74, 6) is 2.82. The fraction of sp³-hybridized carbons (Fsp3) is 0.778. The molecule has 2 saturated heterocycles. The zero-order valence-electron chi connectivity index (χ0n) is 19.3.